The number of piperidine rings is 1. The molecule has 0 spiro atoms. The van der Waals surface area contributed by atoms with Crippen LogP contribution in [0.5, 0.6) is 0 Å². The van der Waals surface area contributed by atoms with Crippen LogP contribution in [0, 0.1) is 0 Å². The molecule has 0 bridgehead atoms. The van der Waals surface area contributed by atoms with E-state index < -0.39 is 5.97 Å². The molecule has 1 aliphatic rings. The minimum atomic E-state index is -0.798. The maximum absolute atomic E-state index is 13.4. The van der Waals surface area contributed by atoms with E-state index in [-0.39, 0.29) is 24.4 Å². The zero-order valence-corrected chi connectivity index (χ0v) is 16.3. The molecule has 0 radical (unpaired) electrons. The number of rotatable bonds is 7. The molecule has 0 atom stereocenters. The van der Waals surface area contributed by atoms with Gasteiger partial charge in [0.05, 0.1) is 12.5 Å². The van der Waals surface area contributed by atoms with E-state index in [1.807, 2.05) is 77.4 Å². The number of aliphatic carboxylic acids is 1. The molecule has 1 N–H and O–H groups in total. The van der Waals surface area contributed by atoms with Crippen molar-refractivity contribution in [3.63, 3.8) is 0 Å². The van der Waals surface area contributed by atoms with Gasteiger partial charge in [0, 0.05) is 19.1 Å². The van der Waals surface area contributed by atoms with E-state index in [2.05, 4.69) is 0 Å². The highest BCUT2D eigenvalue weighted by atomic mass is 16.4. The first-order chi connectivity index (χ1) is 13.6. The number of hydrogen-bond donors (Lipinski definition) is 1. The Balaban J connectivity index is 1.74. The second-order valence-electron chi connectivity index (χ2n) is 7.27. The molecule has 0 unspecified atom stereocenters. The van der Waals surface area contributed by atoms with Gasteiger partial charge in [0.2, 0.25) is 5.91 Å². The molecular weight excluding hydrogens is 352 g/mol. The van der Waals surface area contributed by atoms with Crippen LogP contribution in [0.25, 0.3) is 0 Å². The third-order valence-electron chi connectivity index (χ3n) is 5.55. The van der Waals surface area contributed by atoms with E-state index in [0.29, 0.717) is 19.6 Å². The maximum Gasteiger partial charge on any atom is 0.317 e. The Morgan fingerprint density at radius 2 is 1.50 bits per heavy atom. The molecule has 0 aliphatic carbocycles. The van der Waals surface area contributed by atoms with Gasteiger partial charge in [-0.3, -0.25) is 14.5 Å². The number of hydrogen-bond acceptors (Lipinski definition) is 3. The van der Waals surface area contributed by atoms with Crippen molar-refractivity contribution in [1.29, 1.82) is 0 Å². The minimum absolute atomic E-state index is 0.0613. The molecule has 2 aromatic carbocycles. The van der Waals surface area contributed by atoms with Crippen LogP contribution in [0.3, 0.4) is 0 Å². The molecule has 0 saturated carbocycles. The van der Waals surface area contributed by atoms with Crippen LogP contribution in [-0.2, 0) is 9.59 Å². The summed E-state index contributed by atoms with van der Waals surface area (Å²) in [6.07, 6.45) is 1.62. The molecule has 148 valence electrons. The molecule has 1 fully saturated rings. The van der Waals surface area contributed by atoms with E-state index in [1.165, 1.54) is 0 Å². The number of likely N-dealkylation sites (N-methyl/N-ethyl adjacent to an activating group) is 1. The molecule has 5 heteroatoms. The molecule has 1 heterocycles. The third-order valence-corrected chi connectivity index (χ3v) is 5.55. The first kappa shape index (κ1) is 20.1. The highest BCUT2D eigenvalue weighted by Gasteiger charge is 2.32. The number of carbonyl (C=O) groups is 2. The van der Waals surface area contributed by atoms with Gasteiger partial charge in [-0.1, -0.05) is 67.6 Å². The van der Waals surface area contributed by atoms with E-state index >= 15 is 0 Å². The normalized spacial score (nSPS) is 15.2. The topological polar surface area (TPSA) is 60.9 Å². The van der Waals surface area contributed by atoms with E-state index in [0.717, 1.165) is 24.0 Å². The fourth-order valence-electron chi connectivity index (χ4n) is 4.08. The highest BCUT2D eigenvalue weighted by Crippen LogP contribution is 2.28. The zero-order valence-electron chi connectivity index (χ0n) is 16.3. The second-order valence-corrected chi connectivity index (χ2v) is 7.27. The lowest BCUT2D eigenvalue weighted by molar-refractivity contribution is -0.140. The van der Waals surface area contributed by atoms with Crippen LogP contribution in [0.15, 0.2) is 60.7 Å². The third kappa shape index (κ3) is 4.78. The predicted molar refractivity (Wildman–Crippen MR) is 109 cm³/mol. The van der Waals surface area contributed by atoms with Crippen molar-refractivity contribution in [2.24, 2.45) is 0 Å². The standard InChI is InChI=1S/C23H28N2O3/c1-2-24(17-21(26)27)20-13-15-25(16-14-20)23(28)22(18-9-5-3-6-10-18)19-11-7-4-8-12-19/h3-12,20,22H,2,13-17H2,1H3,(H,26,27). The lowest BCUT2D eigenvalue weighted by Crippen LogP contribution is -2.49. The van der Waals surface area contributed by atoms with Gasteiger partial charge in [0.25, 0.3) is 0 Å². The average Bonchev–Trinajstić information content (AvgIpc) is 2.74. The van der Waals surface area contributed by atoms with Crippen molar-refractivity contribution >= 4 is 11.9 Å². The largest absolute Gasteiger partial charge is 0.480 e. The van der Waals surface area contributed by atoms with Crippen LogP contribution in [0.1, 0.15) is 36.8 Å². The van der Waals surface area contributed by atoms with Gasteiger partial charge in [-0.05, 0) is 30.5 Å². The van der Waals surface area contributed by atoms with Crippen LogP contribution in [0.2, 0.25) is 0 Å². The van der Waals surface area contributed by atoms with Crippen molar-refractivity contribution in [1.82, 2.24) is 9.80 Å². The summed E-state index contributed by atoms with van der Waals surface area (Å²) in [5.74, 6) is -0.981. The first-order valence-corrected chi connectivity index (χ1v) is 9.94. The minimum Gasteiger partial charge on any atom is -0.480 e. The number of nitrogens with zero attached hydrogens (tertiary/aromatic N) is 2. The monoisotopic (exact) mass is 380 g/mol. The van der Waals surface area contributed by atoms with Crippen molar-refractivity contribution in [3.05, 3.63) is 71.8 Å². The van der Waals surface area contributed by atoms with Crippen LogP contribution in [0.4, 0.5) is 0 Å². The molecule has 5 nitrogen and oxygen atoms in total. The molecule has 2 aromatic rings. The van der Waals surface area contributed by atoms with Gasteiger partial charge in [-0.15, -0.1) is 0 Å². The Morgan fingerprint density at radius 3 is 1.93 bits per heavy atom. The summed E-state index contributed by atoms with van der Waals surface area (Å²) < 4.78 is 0. The van der Waals surface area contributed by atoms with Crippen LogP contribution >= 0.6 is 0 Å². The van der Waals surface area contributed by atoms with Gasteiger partial charge in [0.1, 0.15) is 0 Å². The Hall–Kier alpha value is -2.66. The van der Waals surface area contributed by atoms with Crippen molar-refractivity contribution < 1.29 is 14.7 Å². The lowest BCUT2D eigenvalue weighted by Gasteiger charge is -2.38. The molecule has 1 saturated heterocycles. The average molecular weight is 380 g/mol. The Morgan fingerprint density at radius 1 is 1.00 bits per heavy atom. The van der Waals surface area contributed by atoms with E-state index in [4.69, 9.17) is 5.11 Å². The summed E-state index contributed by atoms with van der Waals surface area (Å²) in [5, 5.41) is 9.10. The Labute approximate surface area is 166 Å². The quantitative estimate of drug-likeness (QED) is 0.801. The number of carbonyl (C=O) groups excluding carboxylic acids is 1. The van der Waals surface area contributed by atoms with Crippen molar-refractivity contribution in [2.45, 2.75) is 31.7 Å². The predicted octanol–water partition coefficient (Wildman–Crippen LogP) is 3.22. The van der Waals surface area contributed by atoms with E-state index in [9.17, 15) is 9.59 Å². The van der Waals surface area contributed by atoms with Crippen LogP contribution in [-0.4, -0.2) is 59.0 Å². The SMILES string of the molecule is CCN(CC(=O)O)C1CCN(C(=O)C(c2ccccc2)c2ccccc2)CC1. The Kier molecular flexibility index (Phi) is 6.82. The molecule has 3 rings (SSSR count). The summed E-state index contributed by atoms with van der Waals surface area (Å²) in [6.45, 7) is 4.08. The number of carboxylic acids is 1. The fourth-order valence-corrected chi connectivity index (χ4v) is 4.08. The summed E-state index contributed by atoms with van der Waals surface area (Å²) in [5.41, 5.74) is 2.00. The Bertz CT molecular complexity index is 731. The first-order valence-electron chi connectivity index (χ1n) is 9.94. The summed E-state index contributed by atoms with van der Waals surface area (Å²) in [6, 6.07) is 20.0. The molecular formula is C23H28N2O3. The highest BCUT2D eigenvalue weighted by molar-refractivity contribution is 5.87. The smallest absolute Gasteiger partial charge is 0.317 e. The summed E-state index contributed by atoms with van der Waals surface area (Å²) in [7, 11) is 0. The fraction of sp³-hybridized carbons (Fsp3) is 0.391. The number of benzene rings is 2. The van der Waals surface area contributed by atoms with Gasteiger partial charge in [0.15, 0.2) is 0 Å². The van der Waals surface area contributed by atoms with Gasteiger partial charge >= 0.3 is 5.97 Å². The number of likely N-dealkylation sites (tertiary alicyclic amines) is 1. The zero-order chi connectivity index (χ0) is 19.9. The van der Waals surface area contributed by atoms with Crippen LogP contribution < -0.4 is 0 Å². The lowest BCUT2D eigenvalue weighted by atomic mass is 9.89. The maximum atomic E-state index is 13.4. The summed E-state index contributed by atoms with van der Waals surface area (Å²) in [4.78, 5) is 28.5. The van der Waals surface area contributed by atoms with Crippen molar-refractivity contribution in [3.8, 4) is 0 Å². The van der Waals surface area contributed by atoms with E-state index in [1.54, 1.807) is 0 Å². The second kappa shape index (κ2) is 9.51. The molecule has 0 aromatic heterocycles. The van der Waals surface area contributed by atoms with Gasteiger partial charge in [-0.2, -0.15) is 0 Å². The number of carboxylic acid groups (broad SMARTS) is 1. The molecule has 28 heavy (non-hydrogen) atoms. The molecule has 1 aliphatic heterocycles. The van der Waals surface area contributed by atoms with Gasteiger partial charge < -0.3 is 10.0 Å². The van der Waals surface area contributed by atoms with Gasteiger partial charge in [-0.25, -0.2) is 0 Å². The summed E-state index contributed by atoms with van der Waals surface area (Å²) >= 11 is 0. The number of amides is 1. The van der Waals surface area contributed by atoms with Crippen molar-refractivity contribution in [2.75, 3.05) is 26.2 Å². The molecule has 1 amide bonds.